The molecule has 3 amide bonds. The Morgan fingerprint density at radius 2 is 1.97 bits per heavy atom. The van der Waals surface area contributed by atoms with Crippen molar-refractivity contribution in [2.45, 2.75) is 24.9 Å². The minimum absolute atomic E-state index is 0.0531. The number of imide groups is 1. The first-order valence-electron chi connectivity index (χ1n) is 12.4. The third kappa shape index (κ3) is 3.66. The van der Waals surface area contributed by atoms with Crippen LogP contribution in [0.1, 0.15) is 29.8 Å². The summed E-state index contributed by atoms with van der Waals surface area (Å²) in [5.74, 6) is -0.602. The van der Waals surface area contributed by atoms with E-state index in [1.54, 1.807) is 36.1 Å². The average molecular weight is 509 g/mol. The molecule has 3 aliphatic rings. The van der Waals surface area contributed by atoms with Crippen molar-refractivity contribution in [3.63, 3.8) is 0 Å². The van der Waals surface area contributed by atoms with Crippen LogP contribution in [0, 0.1) is 5.82 Å². The second-order valence-corrected chi connectivity index (χ2v) is 10.1. The number of halogens is 1. The number of H-pyrrole nitrogens is 1. The maximum absolute atomic E-state index is 14.6. The molecular weight excluding hydrogens is 479 g/mol. The number of aromatic nitrogens is 1. The molecule has 0 bridgehead atoms. The van der Waals surface area contributed by atoms with Crippen LogP contribution in [0.15, 0.2) is 36.4 Å². The van der Waals surface area contributed by atoms with Gasteiger partial charge in [0.25, 0.3) is 5.91 Å². The number of carbonyl (C=O) groups excluding carboxylic acids is 2. The van der Waals surface area contributed by atoms with Crippen molar-refractivity contribution in [2.75, 3.05) is 46.5 Å². The lowest BCUT2D eigenvalue weighted by molar-refractivity contribution is -0.133. The Labute approximate surface area is 213 Å². The first-order valence-corrected chi connectivity index (χ1v) is 12.4. The van der Waals surface area contributed by atoms with E-state index in [-0.39, 0.29) is 36.4 Å². The van der Waals surface area contributed by atoms with Gasteiger partial charge in [0, 0.05) is 55.3 Å². The standard InChI is InChI=1S/C27H29FN4O5/c1-27-15-19-18-13-22(36-2)20(28)14-21(18)29-23(19)24(16-4-3-5-17(33)12-16)32(27)26(35)31(25(27)34)7-6-30-8-10-37-11-9-30/h3-5,12-14,24,29,33H,6-11,15H2,1-2H3/t24-,27+/m1/s1. The lowest BCUT2D eigenvalue weighted by Crippen LogP contribution is -2.53. The zero-order valence-corrected chi connectivity index (χ0v) is 20.8. The van der Waals surface area contributed by atoms with E-state index in [4.69, 9.17) is 9.47 Å². The minimum Gasteiger partial charge on any atom is -0.508 e. The number of aromatic amines is 1. The molecule has 1 aromatic heterocycles. The van der Waals surface area contributed by atoms with Gasteiger partial charge in [-0.25, -0.2) is 9.18 Å². The van der Waals surface area contributed by atoms with E-state index in [1.807, 2.05) is 6.07 Å². The predicted molar refractivity (Wildman–Crippen MR) is 133 cm³/mol. The summed E-state index contributed by atoms with van der Waals surface area (Å²) in [6.45, 7) is 5.45. The number of hydrogen-bond donors (Lipinski definition) is 2. The maximum Gasteiger partial charge on any atom is 0.328 e. The summed E-state index contributed by atoms with van der Waals surface area (Å²) >= 11 is 0. The Morgan fingerprint density at radius 3 is 2.70 bits per heavy atom. The fraction of sp³-hybridized carbons (Fsp3) is 0.407. The predicted octanol–water partition coefficient (Wildman–Crippen LogP) is 3.02. The van der Waals surface area contributed by atoms with Crippen LogP contribution in [-0.4, -0.2) is 88.8 Å². The molecule has 0 saturated carbocycles. The summed E-state index contributed by atoms with van der Waals surface area (Å²) in [4.78, 5) is 36.3. The number of aromatic hydroxyl groups is 1. The zero-order valence-electron chi connectivity index (χ0n) is 20.8. The molecule has 194 valence electrons. The number of phenols is 1. The first kappa shape index (κ1) is 23.7. The number of benzene rings is 2. The molecule has 0 unspecified atom stereocenters. The smallest absolute Gasteiger partial charge is 0.328 e. The number of nitrogens with zero attached hydrogens (tertiary/aromatic N) is 3. The Bertz CT molecular complexity index is 1400. The number of carbonyl (C=O) groups is 2. The van der Waals surface area contributed by atoms with Gasteiger partial charge in [0.05, 0.1) is 20.3 Å². The molecule has 6 rings (SSSR count). The summed E-state index contributed by atoms with van der Waals surface area (Å²) in [7, 11) is 1.41. The second-order valence-electron chi connectivity index (χ2n) is 10.1. The summed E-state index contributed by atoms with van der Waals surface area (Å²) in [5.41, 5.74) is 1.59. The minimum atomic E-state index is -1.15. The average Bonchev–Trinajstić information content (AvgIpc) is 3.32. The number of methoxy groups -OCH3 is 1. The number of rotatable bonds is 5. The lowest BCUT2D eigenvalue weighted by atomic mass is 9.81. The van der Waals surface area contributed by atoms with E-state index in [1.165, 1.54) is 18.1 Å². The van der Waals surface area contributed by atoms with Crippen molar-refractivity contribution >= 4 is 22.8 Å². The SMILES string of the molecule is COc1cc2c3c([nH]c2cc1F)[C@@H](c1cccc(O)c1)N1C(=O)N(CCN2CCOCC2)C(=O)[C@]1(C)C3. The third-order valence-corrected chi connectivity index (χ3v) is 7.87. The highest BCUT2D eigenvalue weighted by Crippen LogP contribution is 2.49. The van der Waals surface area contributed by atoms with Crippen molar-refractivity contribution in [3.05, 3.63) is 59.0 Å². The monoisotopic (exact) mass is 508 g/mol. The van der Waals surface area contributed by atoms with Crippen LogP contribution in [0.4, 0.5) is 9.18 Å². The molecule has 3 aliphatic heterocycles. The number of urea groups is 1. The highest BCUT2D eigenvalue weighted by molar-refractivity contribution is 6.08. The van der Waals surface area contributed by atoms with E-state index in [9.17, 15) is 19.1 Å². The first-order chi connectivity index (χ1) is 17.8. The quantitative estimate of drug-likeness (QED) is 0.515. The van der Waals surface area contributed by atoms with E-state index in [0.29, 0.717) is 36.5 Å². The van der Waals surface area contributed by atoms with Crippen LogP contribution < -0.4 is 4.74 Å². The highest BCUT2D eigenvalue weighted by atomic mass is 19.1. The Kier molecular flexibility index (Phi) is 5.61. The number of hydrogen-bond acceptors (Lipinski definition) is 6. The van der Waals surface area contributed by atoms with Gasteiger partial charge in [0.15, 0.2) is 11.6 Å². The topological polar surface area (TPSA) is 98.3 Å². The molecule has 2 saturated heterocycles. The Morgan fingerprint density at radius 1 is 1.19 bits per heavy atom. The van der Waals surface area contributed by atoms with Gasteiger partial charge in [-0.2, -0.15) is 0 Å². The molecule has 0 aliphatic carbocycles. The molecule has 10 heteroatoms. The largest absolute Gasteiger partial charge is 0.508 e. The molecule has 2 atom stereocenters. The molecule has 37 heavy (non-hydrogen) atoms. The van der Waals surface area contributed by atoms with E-state index in [0.717, 1.165) is 24.0 Å². The fourth-order valence-electron chi connectivity index (χ4n) is 5.98. The molecule has 9 nitrogen and oxygen atoms in total. The van der Waals surface area contributed by atoms with Crippen molar-refractivity contribution in [1.82, 2.24) is 19.7 Å². The van der Waals surface area contributed by atoms with Crippen LogP contribution in [0.5, 0.6) is 11.5 Å². The molecule has 2 N–H and O–H groups in total. The summed E-state index contributed by atoms with van der Waals surface area (Å²) in [6.07, 6.45) is 0.269. The molecule has 2 aromatic carbocycles. The van der Waals surface area contributed by atoms with Crippen molar-refractivity contribution in [3.8, 4) is 11.5 Å². The van der Waals surface area contributed by atoms with Crippen molar-refractivity contribution < 1.29 is 28.6 Å². The highest BCUT2D eigenvalue weighted by Gasteiger charge is 2.60. The van der Waals surface area contributed by atoms with Gasteiger partial charge >= 0.3 is 6.03 Å². The van der Waals surface area contributed by atoms with Gasteiger partial charge in [-0.3, -0.25) is 19.5 Å². The van der Waals surface area contributed by atoms with Crippen molar-refractivity contribution in [1.29, 1.82) is 0 Å². The van der Waals surface area contributed by atoms with Gasteiger partial charge in [0.2, 0.25) is 0 Å². The molecule has 0 radical (unpaired) electrons. The number of nitrogens with one attached hydrogen (secondary N) is 1. The van der Waals surface area contributed by atoms with Gasteiger partial charge in [-0.15, -0.1) is 0 Å². The Hall–Kier alpha value is -3.63. The molecule has 0 spiro atoms. The molecule has 3 aromatic rings. The van der Waals surface area contributed by atoms with Crippen LogP contribution in [0.25, 0.3) is 10.9 Å². The molecular formula is C27H29FN4O5. The number of fused-ring (bicyclic) bond motifs is 4. The Balaban J connectivity index is 1.46. The van der Waals surface area contributed by atoms with Gasteiger partial charge in [0.1, 0.15) is 17.3 Å². The van der Waals surface area contributed by atoms with Gasteiger partial charge < -0.3 is 19.6 Å². The number of ether oxygens (including phenoxy) is 2. The fourth-order valence-corrected chi connectivity index (χ4v) is 5.98. The number of amides is 3. The third-order valence-electron chi connectivity index (χ3n) is 7.87. The van der Waals surface area contributed by atoms with Crippen LogP contribution in [0.3, 0.4) is 0 Å². The molecule has 4 heterocycles. The molecule has 2 fully saturated rings. The van der Waals surface area contributed by atoms with Crippen molar-refractivity contribution in [2.24, 2.45) is 0 Å². The summed E-state index contributed by atoms with van der Waals surface area (Å²) < 4.78 is 25.2. The normalized spacial score (nSPS) is 24.0. The summed E-state index contributed by atoms with van der Waals surface area (Å²) in [5, 5.41) is 11.0. The van der Waals surface area contributed by atoms with Crippen LogP contribution in [0.2, 0.25) is 0 Å². The second kappa shape index (κ2) is 8.74. The van der Waals surface area contributed by atoms with Crippen LogP contribution >= 0.6 is 0 Å². The number of morpholine rings is 1. The van der Waals surface area contributed by atoms with Crippen LogP contribution in [-0.2, 0) is 16.0 Å². The lowest BCUT2D eigenvalue weighted by Gasteiger charge is -2.42. The number of phenolic OH excluding ortho intramolecular Hbond substituents is 1. The van der Waals surface area contributed by atoms with E-state index < -0.39 is 17.4 Å². The maximum atomic E-state index is 14.6. The zero-order chi connectivity index (χ0) is 25.9. The van der Waals surface area contributed by atoms with Gasteiger partial charge in [-0.1, -0.05) is 12.1 Å². The summed E-state index contributed by atoms with van der Waals surface area (Å²) in [6, 6.07) is 8.65. The van der Waals surface area contributed by atoms with Gasteiger partial charge in [-0.05, 0) is 36.2 Å². The van der Waals surface area contributed by atoms with E-state index >= 15 is 0 Å². The van der Waals surface area contributed by atoms with E-state index in [2.05, 4.69) is 9.88 Å².